The summed E-state index contributed by atoms with van der Waals surface area (Å²) in [6, 6.07) is 6.47. The van der Waals surface area contributed by atoms with E-state index in [0.717, 1.165) is 22.5 Å². The lowest BCUT2D eigenvalue weighted by atomic mass is 9.93. The van der Waals surface area contributed by atoms with Crippen molar-refractivity contribution in [3.63, 3.8) is 0 Å². The highest BCUT2D eigenvalue weighted by Gasteiger charge is 2.22. The number of hydrogen-bond acceptors (Lipinski definition) is 2. The molecule has 3 nitrogen and oxygen atoms in total. The summed E-state index contributed by atoms with van der Waals surface area (Å²) in [5, 5.41) is 8.77. The van der Waals surface area contributed by atoms with E-state index in [4.69, 9.17) is 11.6 Å². The molecule has 1 N–H and O–H groups in total. The van der Waals surface area contributed by atoms with Crippen LogP contribution in [0.3, 0.4) is 0 Å². The van der Waals surface area contributed by atoms with E-state index in [0.29, 0.717) is 6.04 Å². The van der Waals surface area contributed by atoms with Crippen LogP contribution in [0.1, 0.15) is 35.7 Å². The zero-order valence-electron chi connectivity index (χ0n) is 11.4. The number of aryl methyl sites for hydroxylation is 1. The zero-order valence-corrected chi connectivity index (χ0v) is 13.7. The Morgan fingerprint density at radius 1 is 1.50 bits per heavy atom. The minimum absolute atomic E-state index is 0.405. The maximum atomic E-state index is 6.02. The highest BCUT2D eigenvalue weighted by atomic mass is 79.9. The molecule has 0 saturated heterocycles. The smallest absolute Gasteiger partial charge is 0.0548 e. The van der Waals surface area contributed by atoms with Crippen molar-refractivity contribution in [2.75, 3.05) is 0 Å². The molecule has 1 aromatic carbocycles. The van der Waals surface area contributed by atoms with Crippen LogP contribution in [-0.2, 0) is 20.0 Å². The van der Waals surface area contributed by atoms with E-state index >= 15 is 0 Å². The van der Waals surface area contributed by atoms with Gasteiger partial charge >= 0.3 is 0 Å². The van der Waals surface area contributed by atoms with Crippen LogP contribution < -0.4 is 5.32 Å². The van der Waals surface area contributed by atoms with Gasteiger partial charge in [0.05, 0.1) is 11.2 Å². The monoisotopic (exact) mass is 353 g/mol. The molecule has 3 rings (SSSR count). The van der Waals surface area contributed by atoms with Gasteiger partial charge in [-0.05, 0) is 52.9 Å². The molecule has 1 heterocycles. The van der Waals surface area contributed by atoms with E-state index < -0.39 is 0 Å². The molecule has 1 aliphatic rings. The van der Waals surface area contributed by atoms with Gasteiger partial charge in [-0.3, -0.25) is 4.68 Å². The lowest BCUT2D eigenvalue weighted by molar-refractivity contribution is 0.452. The van der Waals surface area contributed by atoms with Gasteiger partial charge in [0.2, 0.25) is 0 Å². The number of hydrogen-bond donors (Lipinski definition) is 1. The molecule has 1 aliphatic carbocycles. The van der Waals surface area contributed by atoms with Crippen LogP contribution in [0.2, 0.25) is 5.02 Å². The normalized spacial score (nSPS) is 18.1. The predicted molar refractivity (Wildman–Crippen MR) is 84.9 cm³/mol. The Labute approximate surface area is 132 Å². The maximum Gasteiger partial charge on any atom is 0.0548 e. The summed E-state index contributed by atoms with van der Waals surface area (Å²) in [6.07, 6.45) is 5.53. The third-order valence-corrected chi connectivity index (χ3v) is 5.13. The Kier molecular flexibility index (Phi) is 4.15. The fourth-order valence-electron chi connectivity index (χ4n) is 2.81. The van der Waals surface area contributed by atoms with Gasteiger partial charge in [0.25, 0.3) is 0 Å². The number of aromatic nitrogens is 2. The summed E-state index contributed by atoms with van der Waals surface area (Å²) < 4.78 is 2.95. The molecule has 0 amide bonds. The fraction of sp³-hybridized carbons (Fsp3) is 0.400. The highest BCUT2D eigenvalue weighted by Crippen LogP contribution is 2.30. The largest absolute Gasteiger partial charge is 0.306 e. The molecule has 5 heteroatoms. The number of nitrogens with zero attached hydrogens (tertiary/aromatic N) is 2. The average Bonchev–Trinajstić information content (AvgIpc) is 2.83. The minimum atomic E-state index is 0.405. The standard InChI is InChI=1S/C15H17BrClN3/c1-20-15-4-2-3-14(11(15)9-19-20)18-8-10-5-6-13(17)12(16)7-10/h5-7,9,14,18H,2-4,8H2,1H3. The Hall–Kier alpha value is -0.840. The van der Waals surface area contributed by atoms with Gasteiger partial charge in [-0.15, -0.1) is 0 Å². The molecular weight excluding hydrogens is 338 g/mol. The molecule has 1 atom stereocenters. The van der Waals surface area contributed by atoms with Crippen LogP contribution in [0.4, 0.5) is 0 Å². The molecule has 1 aromatic heterocycles. The summed E-state index contributed by atoms with van der Waals surface area (Å²) in [5.74, 6) is 0. The number of benzene rings is 1. The third-order valence-electron chi connectivity index (χ3n) is 3.91. The van der Waals surface area contributed by atoms with E-state index in [2.05, 4.69) is 38.5 Å². The van der Waals surface area contributed by atoms with E-state index in [1.54, 1.807) is 0 Å². The van der Waals surface area contributed by atoms with E-state index in [1.165, 1.54) is 29.7 Å². The van der Waals surface area contributed by atoms with Gasteiger partial charge in [0, 0.05) is 35.4 Å². The Morgan fingerprint density at radius 2 is 2.35 bits per heavy atom. The second-order valence-corrected chi connectivity index (χ2v) is 6.51. The van der Waals surface area contributed by atoms with Crippen LogP contribution in [0.15, 0.2) is 28.9 Å². The third kappa shape index (κ3) is 2.78. The SMILES string of the molecule is Cn1ncc2c1CCCC2NCc1ccc(Cl)c(Br)c1. The molecule has 1 unspecified atom stereocenters. The van der Waals surface area contributed by atoms with Crippen molar-refractivity contribution in [3.8, 4) is 0 Å². The van der Waals surface area contributed by atoms with E-state index in [-0.39, 0.29) is 0 Å². The molecule has 20 heavy (non-hydrogen) atoms. The molecule has 106 valence electrons. The lowest BCUT2D eigenvalue weighted by Crippen LogP contribution is -2.24. The van der Waals surface area contributed by atoms with Gasteiger partial charge in [0.15, 0.2) is 0 Å². The van der Waals surface area contributed by atoms with E-state index in [9.17, 15) is 0 Å². The minimum Gasteiger partial charge on any atom is -0.306 e. The van der Waals surface area contributed by atoms with Gasteiger partial charge in [0.1, 0.15) is 0 Å². The first-order valence-corrected chi connectivity index (χ1v) is 8.00. The van der Waals surface area contributed by atoms with Crippen molar-refractivity contribution in [2.45, 2.75) is 31.8 Å². The Bertz CT molecular complexity index is 624. The van der Waals surface area contributed by atoms with Crippen LogP contribution in [-0.4, -0.2) is 9.78 Å². The molecule has 0 spiro atoms. The second kappa shape index (κ2) is 5.88. The van der Waals surface area contributed by atoms with Crippen molar-refractivity contribution >= 4 is 27.5 Å². The summed E-state index contributed by atoms with van der Waals surface area (Å²) in [6.45, 7) is 0.842. The van der Waals surface area contributed by atoms with Crippen molar-refractivity contribution in [3.05, 3.63) is 50.7 Å². The van der Waals surface area contributed by atoms with Gasteiger partial charge in [-0.2, -0.15) is 5.10 Å². The number of halogens is 2. The predicted octanol–water partition coefficient (Wildman–Crippen LogP) is 4.00. The summed E-state index contributed by atoms with van der Waals surface area (Å²) in [5.41, 5.74) is 3.95. The molecule has 0 aliphatic heterocycles. The topological polar surface area (TPSA) is 29.9 Å². The number of fused-ring (bicyclic) bond motifs is 1. The molecule has 0 bridgehead atoms. The van der Waals surface area contributed by atoms with Crippen LogP contribution >= 0.6 is 27.5 Å². The average molecular weight is 355 g/mol. The van der Waals surface area contributed by atoms with Crippen molar-refractivity contribution in [1.29, 1.82) is 0 Å². The van der Waals surface area contributed by atoms with Gasteiger partial charge in [-0.25, -0.2) is 0 Å². The van der Waals surface area contributed by atoms with Crippen LogP contribution in [0, 0.1) is 0 Å². The number of rotatable bonds is 3. The van der Waals surface area contributed by atoms with Crippen molar-refractivity contribution < 1.29 is 0 Å². The molecule has 0 fully saturated rings. The van der Waals surface area contributed by atoms with Gasteiger partial charge in [-0.1, -0.05) is 17.7 Å². The molecule has 0 saturated carbocycles. The lowest BCUT2D eigenvalue weighted by Gasteiger charge is -2.24. The quantitative estimate of drug-likeness (QED) is 0.903. The van der Waals surface area contributed by atoms with Crippen molar-refractivity contribution in [2.24, 2.45) is 7.05 Å². The summed E-state index contributed by atoms with van der Waals surface area (Å²) in [4.78, 5) is 0. The van der Waals surface area contributed by atoms with Crippen LogP contribution in [0.25, 0.3) is 0 Å². The first-order chi connectivity index (χ1) is 9.65. The first-order valence-electron chi connectivity index (χ1n) is 6.83. The Morgan fingerprint density at radius 3 is 3.15 bits per heavy atom. The van der Waals surface area contributed by atoms with E-state index in [1.807, 2.05) is 24.0 Å². The zero-order chi connectivity index (χ0) is 14.1. The van der Waals surface area contributed by atoms with Gasteiger partial charge < -0.3 is 5.32 Å². The molecule has 2 aromatic rings. The fourth-order valence-corrected chi connectivity index (χ4v) is 3.35. The first kappa shape index (κ1) is 14.1. The number of nitrogens with one attached hydrogen (secondary N) is 1. The molecular formula is C15H17BrClN3. The second-order valence-electron chi connectivity index (χ2n) is 5.24. The maximum absolute atomic E-state index is 6.02. The van der Waals surface area contributed by atoms with Crippen molar-refractivity contribution in [1.82, 2.24) is 15.1 Å². The summed E-state index contributed by atoms with van der Waals surface area (Å²) >= 11 is 9.49. The highest BCUT2D eigenvalue weighted by molar-refractivity contribution is 9.10. The summed E-state index contributed by atoms with van der Waals surface area (Å²) in [7, 11) is 2.03. The van der Waals surface area contributed by atoms with Crippen LogP contribution in [0.5, 0.6) is 0 Å². The Balaban J connectivity index is 1.71. The molecule has 0 radical (unpaired) electrons.